The summed E-state index contributed by atoms with van der Waals surface area (Å²) in [4.78, 5) is 0. The molecule has 2 heteroatoms. The van der Waals surface area contributed by atoms with E-state index in [1.165, 1.54) is 6.04 Å². The van der Waals surface area contributed by atoms with Gasteiger partial charge >= 0.3 is 0 Å². The number of hydrogen-bond donors (Lipinski definition) is 0. The van der Waals surface area contributed by atoms with E-state index in [1.54, 1.807) is 0 Å². The summed E-state index contributed by atoms with van der Waals surface area (Å²) in [6.07, 6.45) is 0. The van der Waals surface area contributed by atoms with Crippen molar-refractivity contribution in [2.24, 2.45) is 0 Å². The van der Waals surface area contributed by atoms with E-state index in [1.807, 2.05) is 0 Å². The Kier molecular flexibility index (Phi) is 3.91. The third-order valence-corrected chi connectivity index (χ3v) is 3.05. The predicted molar refractivity (Wildman–Crippen MR) is 50.1 cm³/mol. The molecule has 0 fully saturated rings. The molecule has 0 radical (unpaired) electrons. The van der Waals surface area contributed by atoms with Crippen molar-refractivity contribution < 1.29 is 0 Å². The molecule has 52 valence electrons. The molecule has 0 N–H and O–H groups in total. The Labute approximate surface area is 61.9 Å². The highest BCUT2D eigenvalue weighted by atomic mass is 28.3. The first-order valence-corrected chi connectivity index (χ1v) is 8.77. The second kappa shape index (κ2) is 3.91. The molecule has 0 saturated carbocycles. The molecule has 0 atom stereocenters. The summed E-state index contributed by atoms with van der Waals surface area (Å²) in [5, 5.41) is 0. The van der Waals surface area contributed by atoms with Crippen LogP contribution >= 0.6 is 0 Å². The molecule has 0 nitrogen and oxygen atoms in total. The molecule has 0 unspecified atom stereocenters. The van der Waals surface area contributed by atoms with E-state index in [0.717, 1.165) is 0 Å². The molecule has 0 aliphatic heterocycles. The van der Waals surface area contributed by atoms with Crippen LogP contribution in [0.25, 0.3) is 0 Å². The topological polar surface area (TPSA) is 0 Å². The Balaban J connectivity index is 3.59. The van der Waals surface area contributed by atoms with Crippen molar-refractivity contribution in [1.82, 2.24) is 0 Å². The first-order valence-electron chi connectivity index (χ1n) is 3.56. The van der Waals surface area contributed by atoms with Crippen molar-refractivity contribution in [3.05, 3.63) is 0 Å². The first-order chi connectivity index (χ1) is 4.06. The van der Waals surface area contributed by atoms with E-state index in [4.69, 9.17) is 0 Å². The van der Waals surface area contributed by atoms with Gasteiger partial charge in [0.05, 0.1) is 0 Å². The zero-order chi connectivity index (χ0) is 7.33. The van der Waals surface area contributed by atoms with Crippen LogP contribution in [0.15, 0.2) is 0 Å². The fourth-order valence-electron chi connectivity index (χ4n) is 0.453. The summed E-state index contributed by atoms with van der Waals surface area (Å²) >= 11 is 0. The van der Waals surface area contributed by atoms with E-state index in [0.29, 0.717) is 0 Å². The van der Waals surface area contributed by atoms with Crippen LogP contribution in [0.3, 0.4) is 0 Å². The summed E-state index contributed by atoms with van der Waals surface area (Å²) in [5.74, 6) is 0. The minimum Gasteiger partial charge on any atom is -0.146 e. The Morgan fingerprint density at radius 2 is 1.89 bits per heavy atom. The van der Waals surface area contributed by atoms with Crippen LogP contribution in [0, 0.1) is 11.1 Å². The summed E-state index contributed by atoms with van der Waals surface area (Å²) in [7, 11) is -1.01. The van der Waals surface area contributed by atoms with Gasteiger partial charge in [0, 0.05) is 0 Å². The second-order valence-electron chi connectivity index (χ2n) is 3.30. The van der Waals surface area contributed by atoms with Crippen molar-refractivity contribution in [2.75, 3.05) is 0 Å². The highest BCUT2D eigenvalue weighted by molar-refractivity contribution is 6.84. The maximum absolute atomic E-state index is 3.37. The quantitative estimate of drug-likeness (QED) is 0.398. The van der Waals surface area contributed by atoms with Gasteiger partial charge in [-0.3, -0.25) is 0 Å². The standard InChI is InChI=1S/C7H16Si2/c1-5-8-6-7-9(2,3)4/h5,8H2,1-4H3. The van der Waals surface area contributed by atoms with Gasteiger partial charge in [-0.05, 0) is 0 Å². The molecule has 0 saturated heterocycles. The van der Waals surface area contributed by atoms with E-state index in [9.17, 15) is 0 Å². The van der Waals surface area contributed by atoms with Crippen LogP contribution in [0.1, 0.15) is 6.92 Å². The molecule has 0 heterocycles. The molecule has 0 aromatic heterocycles. The normalized spacial score (nSPS) is 11.6. The van der Waals surface area contributed by atoms with Crippen molar-refractivity contribution in [3.8, 4) is 11.1 Å². The van der Waals surface area contributed by atoms with Crippen molar-refractivity contribution in [1.29, 1.82) is 0 Å². The molecular weight excluding hydrogens is 140 g/mol. The van der Waals surface area contributed by atoms with Gasteiger partial charge in [-0.15, -0.1) is 11.1 Å². The Bertz CT molecular complexity index is 122. The average Bonchev–Trinajstić information content (AvgIpc) is 1.63. The van der Waals surface area contributed by atoms with Gasteiger partial charge in [-0.25, -0.2) is 0 Å². The molecule has 0 aromatic carbocycles. The fourth-order valence-corrected chi connectivity index (χ4v) is 3.32. The van der Waals surface area contributed by atoms with Crippen molar-refractivity contribution in [2.45, 2.75) is 32.6 Å². The number of rotatable bonds is 1. The number of hydrogen-bond acceptors (Lipinski definition) is 0. The van der Waals surface area contributed by atoms with Gasteiger partial charge in [0.2, 0.25) is 0 Å². The molecule has 0 aliphatic carbocycles. The lowest BCUT2D eigenvalue weighted by atomic mass is 11.0. The smallest absolute Gasteiger partial charge is 0.128 e. The third-order valence-electron chi connectivity index (χ3n) is 0.838. The average molecular weight is 156 g/mol. The lowest BCUT2D eigenvalue weighted by Crippen LogP contribution is -2.16. The van der Waals surface area contributed by atoms with E-state index >= 15 is 0 Å². The molecule has 0 amide bonds. The fraction of sp³-hybridized carbons (Fsp3) is 0.714. The summed E-state index contributed by atoms with van der Waals surface area (Å²) in [6, 6.07) is 1.33. The summed E-state index contributed by atoms with van der Waals surface area (Å²) in [6.45, 7) is 9.11. The van der Waals surface area contributed by atoms with E-state index < -0.39 is 8.07 Å². The van der Waals surface area contributed by atoms with Crippen molar-refractivity contribution >= 4 is 17.6 Å². The van der Waals surface area contributed by atoms with Crippen LogP contribution in [0.2, 0.25) is 25.7 Å². The largest absolute Gasteiger partial charge is 0.146 e. The van der Waals surface area contributed by atoms with Gasteiger partial charge in [0.15, 0.2) is 0 Å². The molecule has 0 rings (SSSR count). The Morgan fingerprint density at radius 1 is 1.33 bits per heavy atom. The van der Waals surface area contributed by atoms with E-state index in [2.05, 4.69) is 37.7 Å². The maximum atomic E-state index is 3.37. The van der Waals surface area contributed by atoms with E-state index in [-0.39, 0.29) is 9.52 Å². The zero-order valence-electron chi connectivity index (χ0n) is 6.91. The monoisotopic (exact) mass is 156 g/mol. The predicted octanol–water partition coefficient (Wildman–Crippen LogP) is 1.43. The Hall–Kier alpha value is -0.00623. The maximum Gasteiger partial charge on any atom is 0.128 e. The van der Waals surface area contributed by atoms with Crippen LogP contribution in [-0.2, 0) is 0 Å². The minimum atomic E-state index is -1.02. The van der Waals surface area contributed by atoms with Crippen LogP contribution < -0.4 is 0 Å². The Morgan fingerprint density at radius 3 is 2.22 bits per heavy atom. The van der Waals surface area contributed by atoms with Gasteiger partial charge in [-0.1, -0.05) is 32.6 Å². The van der Waals surface area contributed by atoms with Gasteiger partial charge in [-0.2, -0.15) is 0 Å². The minimum absolute atomic E-state index is 0.0155. The molecular formula is C7H16Si2. The highest BCUT2D eigenvalue weighted by Crippen LogP contribution is 1.95. The second-order valence-corrected chi connectivity index (χ2v) is 9.91. The summed E-state index contributed by atoms with van der Waals surface area (Å²) < 4.78 is 0. The van der Waals surface area contributed by atoms with Gasteiger partial charge < -0.3 is 0 Å². The SMILES string of the molecule is CC[SiH2]C#C[Si](C)(C)C. The highest BCUT2D eigenvalue weighted by Gasteiger charge is 2.06. The lowest BCUT2D eigenvalue weighted by Gasteiger charge is -2.02. The molecule has 0 spiro atoms. The van der Waals surface area contributed by atoms with Crippen LogP contribution in [0.5, 0.6) is 0 Å². The molecule has 9 heavy (non-hydrogen) atoms. The molecule has 0 aromatic rings. The molecule has 0 bridgehead atoms. The van der Waals surface area contributed by atoms with Gasteiger partial charge in [0.25, 0.3) is 0 Å². The van der Waals surface area contributed by atoms with Crippen LogP contribution in [0.4, 0.5) is 0 Å². The lowest BCUT2D eigenvalue weighted by molar-refractivity contribution is 1.47. The first kappa shape index (κ1) is 8.99. The molecule has 0 aliphatic rings. The third kappa shape index (κ3) is 7.99. The summed E-state index contributed by atoms with van der Waals surface area (Å²) in [5.41, 5.74) is 6.70. The van der Waals surface area contributed by atoms with Gasteiger partial charge in [0.1, 0.15) is 17.6 Å². The van der Waals surface area contributed by atoms with Crippen LogP contribution in [-0.4, -0.2) is 17.6 Å². The van der Waals surface area contributed by atoms with Crippen molar-refractivity contribution in [3.63, 3.8) is 0 Å². The zero-order valence-corrected chi connectivity index (χ0v) is 9.33.